The van der Waals surface area contributed by atoms with E-state index in [-0.39, 0.29) is 0 Å². The van der Waals surface area contributed by atoms with Crippen LogP contribution in [0.5, 0.6) is 0 Å². The second-order valence-electron chi connectivity index (χ2n) is 4.33. The van der Waals surface area contributed by atoms with Gasteiger partial charge in [0.2, 0.25) is 10.7 Å². The van der Waals surface area contributed by atoms with Crippen LogP contribution in [0.4, 0.5) is 5.95 Å². The molecule has 0 amide bonds. The third-order valence-corrected chi connectivity index (χ3v) is 3.09. The highest BCUT2D eigenvalue weighted by atomic mass is 32.1. The minimum atomic E-state index is 0.504. The van der Waals surface area contributed by atoms with Gasteiger partial charge in [0.15, 0.2) is 0 Å². The van der Waals surface area contributed by atoms with E-state index in [1.807, 2.05) is 4.57 Å². The molecular formula is C13H16N4S. The van der Waals surface area contributed by atoms with Crippen LogP contribution < -0.4 is 5.32 Å². The molecule has 1 N–H and O–H groups in total. The molecule has 94 valence electrons. The number of rotatable bonds is 2. The van der Waals surface area contributed by atoms with Gasteiger partial charge in [-0.3, -0.25) is 4.57 Å². The Balaban J connectivity index is 2.66. The summed E-state index contributed by atoms with van der Waals surface area (Å²) in [7, 11) is 1.77. The Hall–Kier alpha value is -1.75. The number of anilines is 1. The summed E-state index contributed by atoms with van der Waals surface area (Å²) in [4.78, 5) is 8.44. The second kappa shape index (κ2) is 4.86. The Bertz CT molecular complexity index is 623. The molecule has 0 radical (unpaired) electrons. The van der Waals surface area contributed by atoms with E-state index in [1.54, 1.807) is 13.4 Å². The van der Waals surface area contributed by atoms with Gasteiger partial charge in [0.05, 0.1) is 5.69 Å². The van der Waals surface area contributed by atoms with E-state index >= 15 is 0 Å². The molecule has 1 aromatic heterocycles. The summed E-state index contributed by atoms with van der Waals surface area (Å²) >= 11 is 5.31. The summed E-state index contributed by atoms with van der Waals surface area (Å²) in [5.74, 6) is 0.540. The van der Waals surface area contributed by atoms with E-state index in [0.717, 1.165) is 5.69 Å². The van der Waals surface area contributed by atoms with Gasteiger partial charge >= 0.3 is 0 Å². The van der Waals surface area contributed by atoms with Crippen molar-refractivity contribution < 1.29 is 0 Å². The predicted molar refractivity (Wildman–Crippen MR) is 76.0 cm³/mol. The van der Waals surface area contributed by atoms with Crippen molar-refractivity contribution >= 4 is 18.2 Å². The highest BCUT2D eigenvalue weighted by Crippen LogP contribution is 2.20. The molecule has 2 aromatic rings. The van der Waals surface area contributed by atoms with Gasteiger partial charge < -0.3 is 5.32 Å². The van der Waals surface area contributed by atoms with Gasteiger partial charge in [0.25, 0.3) is 0 Å². The molecule has 0 unspecified atom stereocenters. The Morgan fingerprint density at radius 3 is 2.28 bits per heavy atom. The van der Waals surface area contributed by atoms with Crippen LogP contribution in [0, 0.1) is 25.5 Å². The van der Waals surface area contributed by atoms with Crippen molar-refractivity contribution in [1.82, 2.24) is 14.5 Å². The smallest absolute Gasteiger partial charge is 0.226 e. The number of benzene rings is 1. The van der Waals surface area contributed by atoms with E-state index in [9.17, 15) is 0 Å². The first kappa shape index (κ1) is 12.7. The van der Waals surface area contributed by atoms with Crippen molar-refractivity contribution in [3.05, 3.63) is 39.9 Å². The second-order valence-corrected chi connectivity index (χ2v) is 4.70. The van der Waals surface area contributed by atoms with E-state index in [4.69, 9.17) is 12.2 Å². The lowest BCUT2D eigenvalue weighted by molar-refractivity contribution is 0.883. The molecule has 2 rings (SSSR count). The number of aromatic nitrogens is 3. The van der Waals surface area contributed by atoms with Crippen LogP contribution in [0.25, 0.3) is 5.69 Å². The fraction of sp³-hybridized carbons (Fsp3) is 0.308. The third-order valence-electron chi connectivity index (χ3n) is 2.80. The van der Waals surface area contributed by atoms with Gasteiger partial charge in [-0.25, -0.2) is 4.98 Å². The van der Waals surface area contributed by atoms with Crippen LogP contribution in [0.1, 0.15) is 16.7 Å². The van der Waals surface area contributed by atoms with Crippen LogP contribution in [0.15, 0.2) is 18.5 Å². The molecule has 1 aromatic carbocycles. The zero-order valence-electron chi connectivity index (χ0n) is 11.0. The molecular weight excluding hydrogens is 244 g/mol. The maximum absolute atomic E-state index is 5.31. The molecule has 0 saturated heterocycles. The first-order valence-electron chi connectivity index (χ1n) is 5.74. The molecule has 0 aliphatic heterocycles. The SMILES string of the molecule is CNc1ncn(-c2c(C)cc(C)cc2C)c(=S)n1. The van der Waals surface area contributed by atoms with Crippen molar-refractivity contribution in [2.75, 3.05) is 12.4 Å². The van der Waals surface area contributed by atoms with Gasteiger partial charge in [-0.2, -0.15) is 4.98 Å². The van der Waals surface area contributed by atoms with E-state index < -0.39 is 0 Å². The molecule has 1 heterocycles. The van der Waals surface area contributed by atoms with Gasteiger partial charge in [0, 0.05) is 7.05 Å². The number of aryl methyl sites for hydroxylation is 3. The van der Waals surface area contributed by atoms with Crippen molar-refractivity contribution in [3.8, 4) is 5.69 Å². The lowest BCUT2D eigenvalue weighted by atomic mass is 10.1. The average molecular weight is 260 g/mol. The highest BCUT2D eigenvalue weighted by molar-refractivity contribution is 7.71. The molecule has 0 aliphatic carbocycles. The van der Waals surface area contributed by atoms with E-state index in [1.165, 1.54) is 16.7 Å². The molecule has 5 heteroatoms. The Morgan fingerprint density at radius 2 is 1.78 bits per heavy atom. The molecule has 0 spiro atoms. The Labute approximate surface area is 112 Å². The minimum Gasteiger partial charge on any atom is -0.357 e. The Morgan fingerprint density at radius 1 is 1.17 bits per heavy atom. The topological polar surface area (TPSA) is 42.7 Å². The predicted octanol–water partition coefficient (Wildman–Crippen LogP) is 2.96. The number of nitrogens with one attached hydrogen (secondary N) is 1. The van der Waals surface area contributed by atoms with Crippen molar-refractivity contribution in [1.29, 1.82) is 0 Å². The lowest BCUT2D eigenvalue weighted by Gasteiger charge is -2.14. The standard InChI is InChI=1S/C13H16N4S/c1-8-5-9(2)11(10(3)6-8)17-7-15-12(14-4)16-13(17)18/h5-7H,1-4H3,(H,14,16,18). The maximum Gasteiger partial charge on any atom is 0.226 e. The summed E-state index contributed by atoms with van der Waals surface area (Å²) in [5, 5.41) is 2.88. The number of nitrogens with zero attached hydrogens (tertiary/aromatic N) is 3. The minimum absolute atomic E-state index is 0.504. The van der Waals surface area contributed by atoms with Crippen LogP contribution in [0.3, 0.4) is 0 Å². The number of hydrogen-bond donors (Lipinski definition) is 1. The summed E-state index contributed by atoms with van der Waals surface area (Å²) < 4.78 is 2.35. The van der Waals surface area contributed by atoms with Crippen LogP contribution in [0.2, 0.25) is 0 Å². The lowest BCUT2D eigenvalue weighted by Crippen LogP contribution is -2.07. The molecule has 0 saturated carbocycles. The van der Waals surface area contributed by atoms with Gasteiger partial charge in [-0.1, -0.05) is 17.7 Å². The van der Waals surface area contributed by atoms with Crippen LogP contribution in [-0.2, 0) is 0 Å². The molecule has 0 bridgehead atoms. The molecule has 18 heavy (non-hydrogen) atoms. The summed E-state index contributed by atoms with van der Waals surface area (Å²) in [5.41, 5.74) is 4.65. The first-order valence-corrected chi connectivity index (χ1v) is 6.15. The zero-order chi connectivity index (χ0) is 13.3. The zero-order valence-corrected chi connectivity index (χ0v) is 11.8. The summed E-state index contributed by atoms with van der Waals surface area (Å²) in [6.07, 6.45) is 1.71. The monoisotopic (exact) mass is 260 g/mol. The number of hydrogen-bond acceptors (Lipinski definition) is 4. The third kappa shape index (κ3) is 2.26. The molecule has 0 fully saturated rings. The quantitative estimate of drug-likeness (QED) is 0.843. The molecule has 4 nitrogen and oxygen atoms in total. The van der Waals surface area contributed by atoms with E-state index in [0.29, 0.717) is 10.7 Å². The summed E-state index contributed by atoms with van der Waals surface area (Å²) in [6, 6.07) is 4.27. The van der Waals surface area contributed by atoms with Crippen molar-refractivity contribution in [2.45, 2.75) is 20.8 Å². The average Bonchev–Trinajstić information content (AvgIpc) is 2.29. The van der Waals surface area contributed by atoms with Crippen molar-refractivity contribution in [2.24, 2.45) is 0 Å². The molecule has 0 aliphatic rings. The maximum atomic E-state index is 5.31. The largest absolute Gasteiger partial charge is 0.357 e. The van der Waals surface area contributed by atoms with Crippen LogP contribution >= 0.6 is 12.2 Å². The van der Waals surface area contributed by atoms with Crippen molar-refractivity contribution in [3.63, 3.8) is 0 Å². The summed E-state index contributed by atoms with van der Waals surface area (Å²) in [6.45, 7) is 6.23. The highest BCUT2D eigenvalue weighted by Gasteiger charge is 2.07. The fourth-order valence-corrected chi connectivity index (χ4v) is 2.39. The van der Waals surface area contributed by atoms with Crippen LogP contribution in [-0.4, -0.2) is 21.6 Å². The van der Waals surface area contributed by atoms with E-state index in [2.05, 4.69) is 48.2 Å². The van der Waals surface area contributed by atoms with Gasteiger partial charge in [-0.15, -0.1) is 0 Å². The van der Waals surface area contributed by atoms with Gasteiger partial charge in [-0.05, 0) is 44.1 Å². The first-order chi connectivity index (χ1) is 8.52. The molecule has 0 atom stereocenters. The fourth-order valence-electron chi connectivity index (χ4n) is 2.16. The normalized spacial score (nSPS) is 10.4. The van der Waals surface area contributed by atoms with Gasteiger partial charge in [0.1, 0.15) is 6.33 Å². The Kier molecular flexibility index (Phi) is 3.43.